The molecule has 6 nitrogen and oxygen atoms in total. The van der Waals surface area contributed by atoms with Crippen LogP contribution in [0, 0.1) is 0 Å². The highest BCUT2D eigenvalue weighted by Crippen LogP contribution is 2.23. The molecule has 2 unspecified atom stereocenters. The van der Waals surface area contributed by atoms with Gasteiger partial charge in [-0.1, -0.05) is 11.8 Å². The normalized spacial score (nSPS) is 23.4. The summed E-state index contributed by atoms with van der Waals surface area (Å²) in [5, 5.41) is 23.0. The molecule has 100 valence electrons. The van der Waals surface area contributed by atoms with Gasteiger partial charge in [-0.25, -0.2) is 9.97 Å². The number of aliphatic hydroxyl groups is 2. The average Bonchev–Trinajstić information content (AvgIpc) is 2.70. The third kappa shape index (κ3) is 2.85. The van der Waals surface area contributed by atoms with Crippen LogP contribution >= 0.6 is 11.8 Å². The minimum Gasteiger partial charge on any atom is -0.389 e. The van der Waals surface area contributed by atoms with Crippen molar-refractivity contribution in [3.05, 3.63) is 6.07 Å². The highest BCUT2D eigenvalue weighted by Gasteiger charge is 2.30. The molecular weight excluding hydrogens is 252 g/mol. The van der Waals surface area contributed by atoms with Crippen LogP contribution in [0.25, 0.3) is 0 Å². The van der Waals surface area contributed by atoms with Gasteiger partial charge in [-0.3, -0.25) is 0 Å². The molecule has 0 spiro atoms. The van der Waals surface area contributed by atoms with Crippen LogP contribution in [0.15, 0.2) is 11.2 Å². The lowest BCUT2D eigenvalue weighted by Crippen LogP contribution is -2.22. The molecule has 1 saturated heterocycles. The van der Waals surface area contributed by atoms with E-state index >= 15 is 0 Å². The van der Waals surface area contributed by atoms with Crippen LogP contribution in [0.1, 0.15) is 6.92 Å². The van der Waals surface area contributed by atoms with Crippen molar-refractivity contribution in [1.29, 1.82) is 0 Å². The summed E-state index contributed by atoms with van der Waals surface area (Å²) < 4.78 is 0. The fourth-order valence-electron chi connectivity index (χ4n) is 1.89. The zero-order chi connectivity index (χ0) is 13.1. The van der Waals surface area contributed by atoms with Crippen molar-refractivity contribution in [2.45, 2.75) is 24.3 Å². The lowest BCUT2D eigenvalue weighted by molar-refractivity contribution is 0.0572. The molecule has 2 atom stereocenters. The smallest absolute Gasteiger partial charge is 0.191 e. The lowest BCUT2D eigenvalue weighted by atomic mass is 10.3. The Hall–Kier alpha value is -1.05. The van der Waals surface area contributed by atoms with Crippen molar-refractivity contribution in [3.8, 4) is 0 Å². The number of aromatic nitrogens is 2. The first kappa shape index (κ1) is 13.4. The quantitative estimate of drug-likeness (QED) is 0.531. The first-order valence-corrected chi connectivity index (χ1v) is 7.14. The Bertz CT molecular complexity index is 408. The monoisotopic (exact) mass is 270 g/mol. The molecule has 0 aromatic carbocycles. The minimum atomic E-state index is -0.708. The standard InChI is InChI=1S/C11H18N4O2S/c1-3-12-9-4-10(14-11(13-9)18-2)15-5-7(16)8(17)6-15/h4,7-8,16-17H,3,5-6H2,1-2H3,(H,12,13,14). The predicted octanol–water partition coefficient (Wildman–Crippen LogP) is 0.172. The van der Waals surface area contributed by atoms with Crippen LogP contribution in [0.3, 0.4) is 0 Å². The summed E-state index contributed by atoms with van der Waals surface area (Å²) >= 11 is 1.47. The molecule has 1 aromatic heterocycles. The maximum Gasteiger partial charge on any atom is 0.191 e. The first-order chi connectivity index (χ1) is 8.63. The molecular formula is C11H18N4O2S. The van der Waals surface area contributed by atoms with Crippen LogP contribution in [-0.4, -0.2) is 58.3 Å². The molecule has 1 aliphatic rings. The van der Waals surface area contributed by atoms with E-state index in [1.54, 1.807) is 0 Å². The number of rotatable bonds is 4. The molecule has 2 heterocycles. The summed E-state index contributed by atoms with van der Waals surface area (Å²) in [6, 6.07) is 1.84. The van der Waals surface area contributed by atoms with E-state index in [4.69, 9.17) is 0 Å². The lowest BCUT2D eigenvalue weighted by Gasteiger charge is -2.17. The van der Waals surface area contributed by atoms with Crippen LogP contribution in [-0.2, 0) is 0 Å². The number of β-amino-alcohol motifs (C(OH)–C–C–N with tert-alkyl or cyclic N) is 2. The van der Waals surface area contributed by atoms with Gasteiger partial charge in [0.2, 0.25) is 0 Å². The predicted molar refractivity (Wildman–Crippen MR) is 72.2 cm³/mol. The summed E-state index contributed by atoms with van der Waals surface area (Å²) in [5.41, 5.74) is 0. The Morgan fingerprint density at radius 1 is 1.39 bits per heavy atom. The minimum absolute atomic E-state index is 0.400. The van der Waals surface area contributed by atoms with Gasteiger partial charge in [-0.05, 0) is 13.2 Å². The van der Waals surface area contributed by atoms with E-state index in [0.29, 0.717) is 18.2 Å². The van der Waals surface area contributed by atoms with Crippen LogP contribution < -0.4 is 10.2 Å². The van der Waals surface area contributed by atoms with E-state index < -0.39 is 12.2 Å². The van der Waals surface area contributed by atoms with Crippen LogP contribution in [0.4, 0.5) is 11.6 Å². The Morgan fingerprint density at radius 2 is 2.06 bits per heavy atom. The van der Waals surface area contributed by atoms with Crippen molar-refractivity contribution in [2.24, 2.45) is 0 Å². The Labute approximate surface area is 110 Å². The number of hydrogen-bond donors (Lipinski definition) is 3. The number of nitrogens with zero attached hydrogens (tertiary/aromatic N) is 3. The van der Waals surface area contributed by atoms with Gasteiger partial charge in [-0.15, -0.1) is 0 Å². The second-order valence-electron chi connectivity index (χ2n) is 4.17. The molecule has 1 fully saturated rings. The van der Waals surface area contributed by atoms with E-state index in [9.17, 15) is 10.2 Å². The maximum atomic E-state index is 9.57. The second-order valence-corrected chi connectivity index (χ2v) is 4.94. The summed E-state index contributed by atoms with van der Waals surface area (Å²) in [7, 11) is 0. The zero-order valence-corrected chi connectivity index (χ0v) is 11.3. The zero-order valence-electron chi connectivity index (χ0n) is 10.5. The fraction of sp³-hybridized carbons (Fsp3) is 0.636. The van der Waals surface area contributed by atoms with Crippen molar-refractivity contribution in [3.63, 3.8) is 0 Å². The van der Waals surface area contributed by atoms with Crippen LogP contribution in [0.2, 0.25) is 0 Å². The number of thioether (sulfide) groups is 1. The first-order valence-electron chi connectivity index (χ1n) is 5.92. The molecule has 0 aliphatic carbocycles. The van der Waals surface area contributed by atoms with E-state index in [0.717, 1.165) is 18.2 Å². The van der Waals surface area contributed by atoms with E-state index in [2.05, 4.69) is 15.3 Å². The Balaban J connectivity index is 2.24. The molecule has 2 rings (SSSR count). The van der Waals surface area contributed by atoms with Crippen molar-refractivity contribution >= 4 is 23.4 Å². The average molecular weight is 270 g/mol. The van der Waals surface area contributed by atoms with Gasteiger partial charge in [0.1, 0.15) is 11.6 Å². The van der Waals surface area contributed by atoms with Gasteiger partial charge >= 0.3 is 0 Å². The molecule has 1 aliphatic heterocycles. The highest BCUT2D eigenvalue weighted by molar-refractivity contribution is 7.98. The topological polar surface area (TPSA) is 81.5 Å². The largest absolute Gasteiger partial charge is 0.389 e. The molecule has 0 saturated carbocycles. The van der Waals surface area contributed by atoms with Gasteiger partial charge in [0.05, 0.1) is 12.2 Å². The van der Waals surface area contributed by atoms with E-state index in [1.165, 1.54) is 11.8 Å². The van der Waals surface area contributed by atoms with Crippen molar-refractivity contribution in [1.82, 2.24) is 9.97 Å². The third-order valence-corrected chi connectivity index (χ3v) is 3.36. The molecule has 1 aromatic rings. The molecule has 3 N–H and O–H groups in total. The van der Waals surface area contributed by atoms with Gasteiger partial charge in [0, 0.05) is 25.7 Å². The summed E-state index contributed by atoms with van der Waals surface area (Å²) in [6.45, 7) is 3.59. The SMILES string of the molecule is CCNc1cc(N2CC(O)C(O)C2)nc(SC)n1. The molecule has 18 heavy (non-hydrogen) atoms. The fourth-order valence-corrected chi connectivity index (χ4v) is 2.27. The Morgan fingerprint density at radius 3 is 2.61 bits per heavy atom. The number of nitrogens with one attached hydrogen (secondary N) is 1. The summed E-state index contributed by atoms with van der Waals surface area (Å²) in [6.07, 6.45) is 0.503. The van der Waals surface area contributed by atoms with Gasteiger partial charge in [-0.2, -0.15) is 0 Å². The van der Waals surface area contributed by atoms with E-state index in [1.807, 2.05) is 24.1 Å². The van der Waals surface area contributed by atoms with Gasteiger partial charge in [0.15, 0.2) is 5.16 Å². The van der Waals surface area contributed by atoms with Crippen molar-refractivity contribution in [2.75, 3.05) is 36.1 Å². The molecule has 7 heteroatoms. The summed E-state index contributed by atoms with van der Waals surface area (Å²) in [5.74, 6) is 1.50. The van der Waals surface area contributed by atoms with Crippen LogP contribution in [0.5, 0.6) is 0 Å². The van der Waals surface area contributed by atoms with Gasteiger partial charge in [0.25, 0.3) is 0 Å². The third-order valence-electron chi connectivity index (χ3n) is 2.82. The van der Waals surface area contributed by atoms with Crippen molar-refractivity contribution < 1.29 is 10.2 Å². The number of aliphatic hydroxyl groups excluding tert-OH is 2. The molecule has 0 bridgehead atoms. The summed E-state index contributed by atoms with van der Waals surface area (Å²) in [4.78, 5) is 10.6. The van der Waals surface area contributed by atoms with E-state index in [-0.39, 0.29) is 0 Å². The second kappa shape index (κ2) is 5.73. The number of hydrogen-bond acceptors (Lipinski definition) is 7. The van der Waals surface area contributed by atoms with Gasteiger partial charge < -0.3 is 20.4 Å². The Kier molecular flexibility index (Phi) is 4.26. The maximum absolute atomic E-state index is 9.57. The molecule has 0 radical (unpaired) electrons. The number of anilines is 2. The molecule has 0 amide bonds. The highest BCUT2D eigenvalue weighted by atomic mass is 32.2.